The van der Waals surface area contributed by atoms with E-state index in [0.29, 0.717) is 0 Å². The second-order valence-corrected chi connectivity index (χ2v) is 6.30. The minimum absolute atomic E-state index is 0.728. The van der Waals surface area contributed by atoms with Gasteiger partial charge < -0.3 is 10.6 Å². The molecule has 0 saturated heterocycles. The summed E-state index contributed by atoms with van der Waals surface area (Å²) in [7, 11) is 0. The Hall–Kier alpha value is -0.610. The first-order valence-corrected chi connectivity index (χ1v) is 8.13. The second-order valence-electron chi connectivity index (χ2n) is 5.38. The Kier molecular flexibility index (Phi) is 5.64. The molecule has 1 fully saturated rings. The van der Waals surface area contributed by atoms with Crippen molar-refractivity contribution in [3.63, 3.8) is 0 Å². The number of anilines is 1. The summed E-state index contributed by atoms with van der Waals surface area (Å²) < 4.78 is 1.05. The van der Waals surface area contributed by atoms with Gasteiger partial charge >= 0.3 is 0 Å². The maximum Gasteiger partial charge on any atom is 0.130 e. The number of pyridine rings is 1. The van der Waals surface area contributed by atoms with Gasteiger partial charge in [0.25, 0.3) is 0 Å². The summed E-state index contributed by atoms with van der Waals surface area (Å²) in [5, 5.41) is 7.07. The van der Waals surface area contributed by atoms with Crippen LogP contribution in [0.1, 0.15) is 45.1 Å². The highest BCUT2D eigenvalue weighted by Crippen LogP contribution is 2.23. The molecule has 0 bridgehead atoms. The van der Waals surface area contributed by atoms with Crippen LogP contribution in [0.5, 0.6) is 0 Å². The predicted molar refractivity (Wildman–Crippen MR) is 84.4 cm³/mol. The lowest BCUT2D eigenvalue weighted by Crippen LogP contribution is -2.19. The Morgan fingerprint density at radius 1 is 1.37 bits per heavy atom. The van der Waals surface area contributed by atoms with Gasteiger partial charge in [0.1, 0.15) is 5.82 Å². The molecule has 0 aliphatic heterocycles. The zero-order valence-corrected chi connectivity index (χ0v) is 13.5. The molecule has 3 nitrogen and oxygen atoms in total. The van der Waals surface area contributed by atoms with Crippen molar-refractivity contribution in [1.29, 1.82) is 0 Å². The van der Waals surface area contributed by atoms with Crippen molar-refractivity contribution in [2.24, 2.45) is 5.92 Å². The Balaban J connectivity index is 1.96. The van der Waals surface area contributed by atoms with Crippen molar-refractivity contribution in [1.82, 2.24) is 10.3 Å². The van der Waals surface area contributed by atoms with Crippen LogP contribution in [0.2, 0.25) is 0 Å². The number of nitrogens with zero attached hydrogens (tertiary/aromatic N) is 1. The van der Waals surface area contributed by atoms with E-state index in [9.17, 15) is 0 Å². The molecule has 4 heteroatoms. The summed E-state index contributed by atoms with van der Waals surface area (Å²) in [4.78, 5) is 4.52. The quantitative estimate of drug-likeness (QED) is 0.760. The number of hydrogen-bond acceptors (Lipinski definition) is 3. The van der Waals surface area contributed by atoms with Crippen LogP contribution < -0.4 is 10.6 Å². The molecule has 1 heterocycles. The van der Waals surface area contributed by atoms with Crippen molar-refractivity contribution >= 4 is 21.7 Å². The van der Waals surface area contributed by atoms with Crippen molar-refractivity contribution in [2.75, 3.05) is 11.9 Å². The van der Waals surface area contributed by atoms with E-state index < -0.39 is 0 Å². The average molecular weight is 326 g/mol. The zero-order chi connectivity index (χ0) is 13.7. The fourth-order valence-corrected chi connectivity index (χ4v) is 2.51. The lowest BCUT2D eigenvalue weighted by Gasteiger charge is -2.16. The number of nitrogens with one attached hydrogen (secondary N) is 2. The number of rotatable bonds is 8. The maximum absolute atomic E-state index is 4.52. The van der Waals surface area contributed by atoms with E-state index in [0.717, 1.165) is 35.3 Å². The lowest BCUT2D eigenvalue weighted by atomic mass is 10.0. The van der Waals surface area contributed by atoms with Gasteiger partial charge in [-0.3, -0.25) is 0 Å². The van der Waals surface area contributed by atoms with Gasteiger partial charge in [-0.05, 0) is 40.8 Å². The summed E-state index contributed by atoms with van der Waals surface area (Å²) in [5.74, 6) is 1.76. The second kappa shape index (κ2) is 7.25. The van der Waals surface area contributed by atoms with Crippen LogP contribution in [-0.4, -0.2) is 17.6 Å². The minimum atomic E-state index is 0.728. The molecule has 0 atom stereocenters. The average Bonchev–Trinajstić information content (AvgIpc) is 3.23. The third kappa shape index (κ3) is 4.77. The lowest BCUT2D eigenvalue weighted by molar-refractivity contribution is 0.518. The topological polar surface area (TPSA) is 37.0 Å². The Morgan fingerprint density at radius 3 is 2.74 bits per heavy atom. The Labute approximate surface area is 124 Å². The SMILES string of the molecule is CCC(CC)CNc1ncc(Br)cc1CNC1CC1. The van der Waals surface area contributed by atoms with Gasteiger partial charge in [0, 0.05) is 35.4 Å². The molecule has 19 heavy (non-hydrogen) atoms. The molecule has 2 N–H and O–H groups in total. The molecule has 1 aliphatic carbocycles. The molecule has 1 aromatic rings. The smallest absolute Gasteiger partial charge is 0.130 e. The van der Waals surface area contributed by atoms with Crippen LogP contribution in [0.25, 0.3) is 0 Å². The number of hydrogen-bond donors (Lipinski definition) is 2. The molecule has 1 aromatic heterocycles. The fourth-order valence-electron chi connectivity index (χ4n) is 2.14. The standard InChI is InChI=1S/C15H24BrN3/c1-3-11(4-2)8-18-15-12(7-13(16)10-19-15)9-17-14-5-6-14/h7,10-11,14,17H,3-6,8-9H2,1-2H3,(H,18,19). The van der Waals surface area contributed by atoms with E-state index in [1.54, 1.807) is 0 Å². The normalized spacial score (nSPS) is 14.9. The maximum atomic E-state index is 4.52. The molecule has 0 amide bonds. The largest absolute Gasteiger partial charge is 0.370 e. The molecular formula is C15H24BrN3. The fraction of sp³-hybridized carbons (Fsp3) is 0.667. The van der Waals surface area contributed by atoms with E-state index >= 15 is 0 Å². The van der Waals surface area contributed by atoms with Crippen molar-refractivity contribution < 1.29 is 0 Å². The third-order valence-electron chi connectivity index (χ3n) is 3.80. The van der Waals surface area contributed by atoms with Gasteiger partial charge in [-0.2, -0.15) is 0 Å². The van der Waals surface area contributed by atoms with Gasteiger partial charge in [0.05, 0.1) is 0 Å². The monoisotopic (exact) mass is 325 g/mol. The van der Waals surface area contributed by atoms with Crippen LogP contribution in [0.3, 0.4) is 0 Å². The summed E-state index contributed by atoms with van der Waals surface area (Å²) in [6.07, 6.45) is 6.94. The minimum Gasteiger partial charge on any atom is -0.370 e. The van der Waals surface area contributed by atoms with Crippen LogP contribution in [0.15, 0.2) is 16.7 Å². The highest BCUT2D eigenvalue weighted by Gasteiger charge is 2.20. The summed E-state index contributed by atoms with van der Waals surface area (Å²) in [6.45, 7) is 6.42. The van der Waals surface area contributed by atoms with Crippen LogP contribution in [0, 0.1) is 5.92 Å². The summed E-state index contributed by atoms with van der Waals surface area (Å²) in [5.41, 5.74) is 1.26. The Bertz CT molecular complexity index is 400. The van der Waals surface area contributed by atoms with Crippen molar-refractivity contribution in [3.05, 3.63) is 22.3 Å². The van der Waals surface area contributed by atoms with E-state index in [4.69, 9.17) is 0 Å². The number of halogens is 1. The molecule has 0 unspecified atom stereocenters. The number of aromatic nitrogens is 1. The summed E-state index contributed by atoms with van der Waals surface area (Å²) in [6, 6.07) is 2.89. The van der Waals surface area contributed by atoms with E-state index in [1.165, 1.54) is 31.2 Å². The van der Waals surface area contributed by atoms with Crippen molar-refractivity contribution in [3.8, 4) is 0 Å². The molecule has 0 spiro atoms. The molecule has 0 radical (unpaired) electrons. The molecule has 1 saturated carbocycles. The molecule has 2 rings (SSSR count). The van der Waals surface area contributed by atoms with Crippen LogP contribution in [0.4, 0.5) is 5.82 Å². The van der Waals surface area contributed by atoms with E-state index in [1.807, 2.05) is 6.20 Å². The van der Waals surface area contributed by atoms with Gasteiger partial charge in [-0.1, -0.05) is 26.7 Å². The first-order chi connectivity index (χ1) is 9.22. The van der Waals surface area contributed by atoms with Gasteiger partial charge in [0.15, 0.2) is 0 Å². The first kappa shape index (κ1) is 14.8. The van der Waals surface area contributed by atoms with E-state index in [2.05, 4.69) is 51.5 Å². The highest BCUT2D eigenvalue weighted by atomic mass is 79.9. The molecule has 0 aromatic carbocycles. The summed E-state index contributed by atoms with van der Waals surface area (Å²) >= 11 is 3.51. The highest BCUT2D eigenvalue weighted by molar-refractivity contribution is 9.10. The Morgan fingerprint density at radius 2 is 2.11 bits per heavy atom. The van der Waals surface area contributed by atoms with Crippen LogP contribution in [-0.2, 0) is 6.54 Å². The molecule has 1 aliphatic rings. The van der Waals surface area contributed by atoms with Gasteiger partial charge in [0.2, 0.25) is 0 Å². The van der Waals surface area contributed by atoms with Crippen LogP contribution >= 0.6 is 15.9 Å². The molecule has 106 valence electrons. The molecular weight excluding hydrogens is 302 g/mol. The third-order valence-corrected chi connectivity index (χ3v) is 4.24. The predicted octanol–water partition coefficient (Wildman–Crippen LogP) is 3.94. The van der Waals surface area contributed by atoms with Crippen molar-refractivity contribution in [2.45, 2.75) is 52.1 Å². The zero-order valence-electron chi connectivity index (χ0n) is 11.9. The van der Waals surface area contributed by atoms with Gasteiger partial charge in [-0.25, -0.2) is 4.98 Å². The van der Waals surface area contributed by atoms with Gasteiger partial charge in [-0.15, -0.1) is 0 Å². The first-order valence-electron chi connectivity index (χ1n) is 7.34. The van der Waals surface area contributed by atoms with E-state index in [-0.39, 0.29) is 0 Å².